The van der Waals surface area contributed by atoms with Crippen molar-refractivity contribution in [2.45, 2.75) is 12.5 Å². The maximum absolute atomic E-state index is 4.32. The van der Waals surface area contributed by atoms with Crippen LogP contribution in [0.25, 0.3) is 0 Å². The Kier molecular flexibility index (Phi) is 5.01. The van der Waals surface area contributed by atoms with Crippen molar-refractivity contribution in [3.8, 4) is 0 Å². The zero-order valence-corrected chi connectivity index (χ0v) is 13.6. The van der Waals surface area contributed by atoms with Crippen molar-refractivity contribution in [2.75, 3.05) is 26.2 Å². The van der Waals surface area contributed by atoms with Gasteiger partial charge in [0.15, 0.2) is 0 Å². The number of rotatable bonds is 3. The molecule has 1 aliphatic rings. The third-order valence-corrected chi connectivity index (χ3v) is 4.40. The van der Waals surface area contributed by atoms with E-state index >= 15 is 0 Å². The van der Waals surface area contributed by atoms with Crippen molar-refractivity contribution in [3.05, 3.63) is 64.4 Å². The quantitative estimate of drug-likeness (QED) is 0.925. The second kappa shape index (κ2) is 7.16. The summed E-state index contributed by atoms with van der Waals surface area (Å²) in [5.41, 5.74) is 2.58. The van der Waals surface area contributed by atoms with Crippen molar-refractivity contribution in [2.24, 2.45) is 0 Å². The number of hydrogen-bond donors (Lipinski definition) is 1. The smallest absolute Gasteiger partial charge is 0.0617 e. The molecule has 110 valence electrons. The fourth-order valence-corrected chi connectivity index (χ4v) is 3.37. The first-order valence-electron chi connectivity index (χ1n) is 7.45. The second-order valence-corrected chi connectivity index (χ2v) is 6.30. The molecule has 0 aliphatic carbocycles. The predicted molar refractivity (Wildman–Crippen MR) is 89.3 cm³/mol. The summed E-state index contributed by atoms with van der Waals surface area (Å²) in [5, 5.41) is 3.48. The number of nitrogens with one attached hydrogen (secondary N) is 1. The summed E-state index contributed by atoms with van der Waals surface area (Å²) in [6, 6.07) is 13.1. The standard InChI is InChI=1S/C17H20BrN3/c18-16-6-1-4-14(12-16)17(15-5-2-7-20-13-15)21-10-3-8-19-9-11-21/h1-2,4-7,12-13,17,19H,3,8-11H2. The molecule has 0 bridgehead atoms. The highest BCUT2D eigenvalue weighted by molar-refractivity contribution is 9.10. The van der Waals surface area contributed by atoms with Crippen LogP contribution in [-0.4, -0.2) is 36.1 Å². The van der Waals surface area contributed by atoms with Gasteiger partial charge in [-0.15, -0.1) is 0 Å². The third-order valence-electron chi connectivity index (χ3n) is 3.90. The highest BCUT2D eigenvalue weighted by Gasteiger charge is 2.23. The van der Waals surface area contributed by atoms with Gasteiger partial charge in [0.2, 0.25) is 0 Å². The molecule has 2 heterocycles. The molecular weight excluding hydrogens is 326 g/mol. The molecular formula is C17H20BrN3. The maximum Gasteiger partial charge on any atom is 0.0617 e. The Morgan fingerprint density at radius 1 is 1.10 bits per heavy atom. The fraction of sp³-hybridized carbons (Fsp3) is 0.353. The van der Waals surface area contributed by atoms with E-state index in [2.05, 4.69) is 61.5 Å². The van der Waals surface area contributed by atoms with Gasteiger partial charge in [0.1, 0.15) is 0 Å². The van der Waals surface area contributed by atoms with Gasteiger partial charge in [-0.2, -0.15) is 0 Å². The van der Waals surface area contributed by atoms with Crippen LogP contribution >= 0.6 is 15.9 Å². The summed E-state index contributed by atoms with van der Waals surface area (Å²) >= 11 is 3.60. The topological polar surface area (TPSA) is 28.2 Å². The molecule has 1 atom stereocenters. The summed E-state index contributed by atoms with van der Waals surface area (Å²) in [6.07, 6.45) is 5.01. The predicted octanol–water partition coefficient (Wildman–Crippen LogP) is 3.23. The van der Waals surface area contributed by atoms with Crippen LogP contribution in [0, 0.1) is 0 Å². The highest BCUT2D eigenvalue weighted by Crippen LogP contribution is 2.30. The highest BCUT2D eigenvalue weighted by atomic mass is 79.9. The molecule has 1 aromatic carbocycles. The Labute approximate surface area is 134 Å². The lowest BCUT2D eigenvalue weighted by molar-refractivity contribution is 0.240. The number of pyridine rings is 1. The molecule has 0 amide bonds. The largest absolute Gasteiger partial charge is 0.315 e. The van der Waals surface area contributed by atoms with Gasteiger partial charge >= 0.3 is 0 Å². The van der Waals surface area contributed by atoms with E-state index in [0.29, 0.717) is 0 Å². The van der Waals surface area contributed by atoms with Crippen LogP contribution in [0.2, 0.25) is 0 Å². The summed E-state index contributed by atoms with van der Waals surface area (Å²) in [5.74, 6) is 0. The van der Waals surface area contributed by atoms with Gasteiger partial charge < -0.3 is 5.32 Å². The lowest BCUT2D eigenvalue weighted by Gasteiger charge is -2.31. The molecule has 1 unspecified atom stereocenters. The molecule has 2 aromatic rings. The zero-order chi connectivity index (χ0) is 14.5. The van der Waals surface area contributed by atoms with Gasteiger partial charge in [-0.1, -0.05) is 34.1 Å². The Morgan fingerprint density at radius 3 is 2.81 bits per heavy atom. The maximum atomic E-state index is 4.32. The van der Waals surface area contributed by atoms with Crippen LogP contribution in [0.1, 0.15) is 23.6 Å². The van der Waals surface area contributed by atoms with Crippen molar-refractivity contribution in [1.29, 1.82) is 0 Å². The third kappa shape index (κ3) is 3.70. The first-order chi connectivity index (χ1) is 10.3. The van der Waals surface area contributed by atoms with E-state index in [-0.39, 0.29) is 6.04 Å². The van der Waals surface area contributed by atoms with Gasteiger partial charge in [-0.25, -0.2) is 0 Å². The van der Waals surface area contributed by atoms with Crippen LogP contribution < -0.4 is 5.32 Å². The average molecular weight is 346 g/mol. The number of aromatic nitrogens is 1. The Hall–Kier alpha value is -1.23. The number of benzene rings is 1. The molecule has 0 saturated carbocycles. The SMILES string of the molecule is Brc1cccc(C(c2cccnc2)N2CCCNCC2)c1. The average Bonchev–Trinajstić information content (AvgIpc) is 2.78. The minimum Gasteiger partial charge on any atom is -0.315 e. The van der Waals surface area contributed by atoms with Crippen LogP contribution in [-0.2, 0) is 0 Å². The molecule has 3 nitrogen and oxygen atoms in total. The van der Waals surface area contributed by atoms with Gasteiger partial charge in [0.05, 0.1) is 6.04 Å². The van der Waals surface area contributed by atoms with E-state index in [9.17, 15) is 0 Å². The number of hydrogen-bond acceptors (Lipinski definition) is 3. The van der Waals surface area contributed by atoms with Gasteiger partial charge in [0.25, 0.3) is 0 Å². The van der Waals surface area contributed by atoms with E-state index in [0.717, 1.165) is 30.7 Å². The van der Waals surface area contributed by atoms with E-state index in [4.69, 9.17) is 0 Å². The monoisotopic (exact) mass is 345 g/mol. The fourth-order valence-electron chi connectivity index (χ4n) is 2.95. The summed E-state index contributed by atoms with van der Waals surface area (Å²) in [6.45, 7) is 4.32. The first kappa shape index (κ1) is 14.7. The van der Waals surface area contributed by atoms with Gasteiger partial charge in [-0.05, 0) is 42.3 Å². The molecule has 0 radical (unpaired) electrons. The van der Waals surface area contributed by atoms with E-state index in [1.54, 1.807) is 0 Å². The normalized spacial score (nSPS) is 18.1. The van der Waals surface area contributed by atoms with Crippen LogP contribution in [0.3, 0.4) is 0 Å². The van der Waals surface area contributed by atoms with Crippen LogP contribution in [0.15, 0.2) is 53.3 Å². The van der Waals surface area contributed by atoms with Crippen molar-refractivity contribution >= 4 is 15.9 Å². The minimum absolute atomic E-state index is 0.274. The molecule has 1 aromatic heterocycles. The van der Waals surface area contributed by atoms with E-state index in [1.807, 2.05) is 18.5 Å². The van der Waals surface area contributed by atoms with Crippen molar-refractivity contribution in [3.63, 3.8) is 0 Å². The molecule has 0 spiro atoms. The van der Waals surface area contributed by atoms with Gasteiger partial charge in [-0.3, -0.25) is 9.88 Å². The van der Waals surface area contributed by atoms with Crippen molar-refractivity contribution < 1.29 is 0 Å². The summed E-state index contributed by atoms with van der Waals surface area (Å²) in [4.78, 5) is 6.87. The van der Waals surface area contributed by atoms with Crippen molar-refractivity contribution in [1.82, 2.24) is 15.2 Å². The minimum atomic E-state index is 0.274. The molecule has 3 rings (SSSR count). The molecule has 21 heavy (non-hydrogen) atoms. The molecule has 1 N–H and O–H groups in total. The number of nitrogens with zero attached hydrogens (tertiary/aromatic N) is 2. The summed E-state index contributed by atoms with van der Waals surface area (Å²) in [7, 11) is 0. The van der Waals surface area contributed by atoms with E-state index < -0.39 is 0 Å². The van der Waals surface area contributed by atoms with Gasteiger partial charge in [0, 0.05) is 36.5 Å². The zero-order valence-electron chi connectivity index (χ0n) is 12.0. The Balaban J connectivity index is 1.98. The lowest BCUT2D eigenvalue weighted by atomic mass is 9.98. The van der Waals surface area contributed by atoms with E-state index in [1.165, 1.54) is 17.5 Å². The second-order valence-electron chi connectivity index (χ2n) is 5.38. The molecule has 1 saturated heterocycles. The Bertz CT molecular complexity index is 565. The Morgan fingerprint density at radius 2 is 2.00 bits per heavy atom. The van der Waals surface area contributed by atoms with Crippen LogP contribution in [0.5, 0.6) is 0 Å². The molecule has 4 heteroatoms. The molecule has 1 fully saturated rings. The number of halogens is 1. The van der Waals surface area contributed by atoms with Crippen LogP contribution in [0.4, 0.5) is 0 Å². The first-order valence-corrected chi connectivity index (χ1v) is 8.24. The summed E-state index contributed by atoms with van der Waals surface area (Å²) < 4.78 is 1.13. The molecule has 1 aliphatic heterocycles. The lowest BCUT2D eigenvalue weighted by Crippen LogP contribution is -2.33.